The van der Waals surface area contributed by atoms with Crippen LogP contribution in [0.25, 0.3) is 6.08 Å². The Kier molecular flexibility index (Phi) is 5.22. The van der Waals surface area contributed by atoms with Gasteiger partial charge >= 0.3 is 0 Å². The van der Waals surface area contributed by atoms with E-state index in [2.05, 4.69) is 10.3 Å². The molecule has 1 heterocycles. The van der Waals surface area contributed by atoms with E-state index in [1.165, 1.54) is 6.08 Å². The van der Waals surface area contributed by atoms with Gasteiger partial charge in [0, 0.05) is 18.5 Å². The third-order valence-corrected chi connectivity index (χ3v) is 3.51. The van der Waals surface area contributed by atoms with Gasteiger partial charge in [0.25, 0.3) is 0 Å². The summed E-state index contributed by atoms with van der Waals surface area (Å²) in [5.41, 5.74) is 2.64. The van der Waals surface area contributed by atoms with Crippen molar-refractivity contribution < 1.29 is 9.53 Å². The first-order valence-electron chi connectivity index (χ1n) is 7.93. The van der Waals surface area contributed by atoms with Crippen molar-refractivity contribution in [3.8, 4) is 11.5 Å². The summed E-state index contributed by atoms with van der Waals surface area (Å²) in [7, 11) is 0. The highest BCUT2D eigenvalue weighted by Crippen LogP contribution is 2.29. The van der Waals surface area contributed by atoms with Gasteiger partial charge < -0.3 is 10.1 Å². The predicted molar refractivity (Wildman–Crippen MR) is 99.6 cm³/mol. The molecule has 3 rings (SSSR count). The lowest BCUT2D eigenvalue weighted by atomic mass is 10.2. The van der Waals surface area contributed by atoms with E-state index in [1.54, 1.807) is 24.5 Å². The number of para-hydroxylation sites is 2. The number of aromatic nitrogens is 1. The number of aryl methyl sites for hydroxylation is 1. The second-order valence-electron chi connectivity index (χ2n) is 5.52. The molecule has 0 spiro atoms. The minimum atomic E-state index is -0.233. The van der Waals surface area contributed by atoms with Gasteiger partial charge in [0.1, 0.15) is 5.75 Å². The number of nitrogens with one attached hydrogen (secondary N) is 1. The van der Waals surface area contributed by atoms with Crippen LogP contribution >= 0.6 is 0 Å². The molecule has 1 aromatic heterocycles. The van der Waals surface area contributed by atoms with E-state index in [-0.39, 0.29) is 5.91 Å². The third kappa shape index (κ3) is 4.78. The average Bonchev–Trinajstić information content (AvgIpc) is 2.64. The molecule has 0 radical (unpaired) electrons. The van der Waals surface area contributed by atoms with E-state index >= 15 is 0 Å². The summed E-state index contributed by atoms with van der Waals surface area (Å²) in [5, 5.41) is 2.84. The molecule has 4 heteroatoms. The van der Waals surface area contributed by atoms with E-state index in [1.807, 2.05) is 61.5 Å². The van der Waals surface area contributed by atoms with Crippen molar-refractivity contribution >= 4 is 17.7 Å². The molecule has 0 unspecified atom stereocenters. The fraction of sp³-hybridized carbons (Fsp3) is 0.0476. The van der Waals surface area contributed by atoms with Crippen LogP contribution < -0.4 is 10.1 Å². The van der Waals surface area contributed by atoms with E-state index in [9.17, 15) is 4.79 Å². The molecule has 0 aliphatic heterocycles. The molecule has 2 aromatic carbocycles. The molecule has 4 nitrogen and oxygen atoms in total. The van der Waals surface area contributed by atoms with E-state index < -0.39 is 0 Å². The molecule has 0 aliphatic carbocycles. The van der Waals surface area contributed by atoms with Crippen molar-refractivity contribution in [3.63, 3.8) is 0 Å². The van der Waals surface area contributed by atoms with Gasteiger partial charge in [0.05, 0.1) is 5.69 Å². The summed E-state index contributed by atoms with van der Waals surface area (Å²) in [4.78, 5) is 16.2. The zero-order chi connectivity index (χ0) is 17.5. The quantitative estimate of drug-likeness (QED) is 0.681. The van der Waals surface area contributed by atoms with Gasteiger partial charge in [-0.15, -0.1) is 0 Å². The van der Waals surface area contributed by atoms with Crippen LogP contribution in [0.15, 0.2) is 79.1 Å². The molecular weight excluding hydrogens is 312 g/mol. The lowest BCUT2D eigenvalue weighted by Crippen LogP contribution is -2.08. The van der Waals surface area contributed by atoms with E-state index in [0.717, 1.165) is 16.9 Å². The number of carbonyl (C=O) groups excluding carboxylic acids is 1. The van der Waals surface area contributed by atoms with E-state index in [4.69, 9.17) is 4.74 Å². The highest BCUT2D eigenvalue weighted by Gasteiger charge is 2.06. The number of carbonyl (C=O) groups is 1. The Balaban J connectivity index is 1.71. The van der Waals surface area contributed by atoms with Gasteiger partial charge in [-0.3, -0.25) is 9.78 Å². The second kappa shape index (κ2) is 7.93. The normalized spacial score (nSPS) is 10.6. The maximum absolute atomic E-state index is 12.2. The zero-order valence-corrected chi connectivity index (χ0v) is 13.8. The molecule has 0 fully saturated rings. The molecule has 1 amide bonds. The number of anilines is 1. The van der Waals surface area contributed by atoms with Gasteiger partial charge in [-0.1, -0.05) is 35.9 Å². The monoisotopic (exact) mass is 330 g/mol. The first-order valence-corrected chi connectivity index (χ1v) is 7.93. The van der Waals surface area contributed by atoms with Crippen LogP contribution in [0.4, 0.5) is 5.69 Å². The van der Waals surface area contributed by atoms with Crippen LogP contribution in [-0.4, -0.2) is 10.9 Å². The lowest BCUT2D eigenvalue weighted by molar-refractivity contribution is -0.111. The summed E-state index contributed by atoms with van der Waals surface area (Å²) < 4.78 is 5.88. The molecule has 124 valence electrons. The molecular formula is C21H18N2O2. The molecule has 0 saturated carbocycles. The molecule has 3 aromatic rings. The van der Waals surface area contributed by atoms with Gasteiger partial charge in [0.2, 0.25) is 5.91 Å². The first-order chi connectivity index (χ1) is 12.2. The Morgan fingerprint density at radius 2 is 1.84 bits per heavy atom. The Morgan fingerprint density at radius 1 is 1.04 bits per heavy atom. The summed E-state index contributed by atoms with van der Waals surface area (Å²) in [6, 6.07) is 18.8. The predicted octanol–water partition coefficient (Wildman–Crippen LogP) is 4.83. The first kappa shape index (κ1) is 16.5. The van der Waals surface area contributed by atoms with Crippen molar-refractivity contribution in [1.29, 1.82) is 0 Å². The van der Waals surface area contributed by atoms with Gasteiger partial charge in [-0.05, 0) is 48.9 Å². The number of hydrogen-bond donors (Lipinski definition) is 1. The molecule has 25 heavy (non-hydrogen) atoms. The smallest absolute Gasteiger partial charge is 0.248 e. The van der Waals surface area contributed by atoms with Gasteiger partial charge in [-0.25, -0.2) is 0 Å². The fourth-order valence-corrected chi connectivity index (χ4v) is 2.21. The van der Waals surface area contributed by atoms with Crippen molar-refractivity contribution in [3.05, 3.63) is 90.3 Å². The SMILES string of the molecule is Cc1ccc(Oc2ccccc2NC(=O)/C=C/c2cccnc2)cc1. The van der Waals surface area contributed by atoms with Gasteiger partial charge in [0.15, 0.2) is 5.75 Å². The number of pyridine rings is 1. The van der Waals surface area contributed by atoms with Crippen molar-refractivity contribution in [2.75, 3.05) is 5.32 Å². The average molecular weight is 330 g/mol. The van der Waals surface area contributed by atoms with Gasteiger partial charge in [-0.2, -0.15) is 0 Å². The number of amides is 1. The van der Waals surface area contributed by atoms with Crippen LogP contribution in [-0.2, 0) is 4.79 Å². The topological polar surface area (TPSA) is 51.2 Å². The van der Waals surface area contributed by atoms with Crippen molar-refractivity contribution in [1.82, 2.24) is 4.98 Å². The fourth-order valence-electron chi connectivity index (χ4n) is 2.21. The van der Waals surface area contributed by atoms with Crippen molar-refractivity contribution in [2.24, 2.45) is 0 Å². The second-order valence-corrected chi connectivity index (χ2v) is 5.52. The maximum atomic E-state index is 12.2. The standard InChI is InChI=1S/C21H18N2O2/c1-16-8-11-18(12-9-16)25-20-7-3-2-6-19(20)23-21(24)13-10-17-5-4-14-22-15-17/h2-15H,1H3,(H,23,24)/b13-10+. The number of nitrogens with zero attached hydrogens (tertiary/aromatic N) is 1. The molecule has 1 N–H and O–H groups in total. The number of rotatable bonds is 5. The molecule has 0 atom stereocenters. The van der Waals surface area contributed by atoms with Crippen LogP contribution in [0.2, 0.25) is 0 Å². The highest BCUT2D eigenvalue weighted by atomic mass is 16.5. The lowest BCUT2D eigenvalue weighted by Gasteiger charge is -2.11. The summed E-state index contributed by atoms with van der Waals surface area (Å²) in [6.07, 6.45) is 6.57. The summed E-state index contributed by atoms with van der Waals surface area (Å²) >= 11 is 0. The van der Waals surface area contributed by atoms with E-state index in [0.29, 0.717) is 11.4 Å². The largest absolute Gasteiger partial charge is 0.455 e. The van der Waals surface area contributed by atoms with Crippen LogP contribution in [0.5, 0.6) is 11.5 Å². The molecule has 0 aliphatic rings. The Hall–Kier alpha value is -3.40. The zero-order valence-electron chi connectivity index (χ0n) is 13.8. The summed E-state index contributed by atoms with van der Waals surface area (Å²) in [5.74, 6) is 1.08. The Morgan fingerprint density at radius 3 is 2.60 bits per heavy atom. The highest BCUT2D eigenvalue weighted by molar-refractivity contribution is 6.02. The Labute approximate surface area is 146 Å². The summed E-state index contributed by atoms with van der Waals surface area (Å²) in [6.45, 7) is 2.02. The maximum Gasteiger partial charge on any atom is 0.248 e. The van der Waals surface area contributed by atoms with Crippen molar-refractivity contribution in [2.45, 2.75) is 6.92 Å². The third-order valence-electron chi connectivity index (χ3n) is 3.51. The van der Waals surface area contributed by atoms with Crippen LogP contribution in [0, 0.1) is 6.92 Å². The molecule has 0 saturated heterocycles. The number of benzene rings is 2. The molecule has 0 bridgehead atoms. The number of hydrogen-bond acceptors (Lipinski definition) is 3. The van der Waals surface area contributed by atoms with Crippen LogP contribution in [0.3, 0.4) is 0 Å². The van der Waals surface area contributed by atoms with Crippen LogP contribution in [0.1, 0.15) is 11.1 Å². The minimum absolute atomic E-state index is 0.233. The Bertz CT molecular complexity index is 872. The number of ether oxygens (including phenoxy) is 1. The minimum Gasteiger partial charge on any atom is -0.455 e.